The zero-order valence-electron chi connectivity index (χ0n) is 9.90. The average molecular weight is 237 g/mol. The molecule has 88 valence electrons. The van der Waals surface area contributed by atoms with Gasteiger partial charge in [0.05, 0.1) is 6.61 Å². The number of rotatable bonds is 6. The first-order valence-corrected chi connectivity index (χ1v) is 6.10. The maximum absolute atomic E-state index is 5.73. The van der Waals surface area contributed by atoms with E-state index >= 15 is 0 Å². The molecule has 1 rings (SSSR count). The van der Waals surface area contributed by atoms with Gasteiger partial charge in [0.2, 0.25) is 0 Å². The van der Waals surface area contributed by atoms with Gasteiger partial charge in [0.25, 0.3) is 0 Å². The van der Waals surface area contributed by atoms with Crippen LogP contribution in [0, 0.1) is 5.92 Å². The van der Waals surface area contributed by atoms with Crippen molar-refractivity contribution in [2.45, 2.75) is 26.7 Å². The Morgan fingerprint density at radius 3 is 2.62 bits per heavy atom. The van der Waals surface area contributed by atoms with E-state index in [0.717, 1.165) is 30.8 Å². The molecule has 0 aliphatic heterocycles. The van der Waals surface area contributed by atoms with Gasteiger partial charge < -0.3 is 10.5 Å². The normalized spacial score (nSPS) is 10.4. The van der Waals surface area contributed by atoms with Gasteiger partial charge >= 0.3 is 0 Å². The van der Waals surface area contributed by atoms with Gasteiger partial charge in [-0.1, -0.05) is 51.0 Å². The lowest BCUT2D eigenvalue weighted by atomic mass is 10.1. The summed E-state index contributed by atoms with van der Waals surface area (Å²) in [5.41, 5.74) is 6.43. The standard InChI is InChI=1S/C13H19NOS/c1-3-10(4-2)9-15-12-7-5-6-11(8-12)13(14)16/h5-8,10H,3-4,9H2,1-2H3,(H2,14,16). The van der Waals surface area contributed by atoms with E-state index in [1.807, 2.05) is 24.3 Å². The van der Waals surface area contributed by atoms with Gasteiger partial charge in [0, 0.05) is 5.56 Å². The molecule has 16 heavy (non-hydrogen) atoms. The van der Waals surface area contributed by atoms with Crippen LogP contribution < -0.4 is 10.5 Å². The summed E-state index contributed by atoms with van der Waals surface area (Å²) >= 11 is 4.93. The lowest BCUT2D eigenvalue weighted by Gasteiger charge is -2.14. The molecule has 0 bridgehead atoms. The molecular formula is C13H19NOS. The van der Waals surface area contributed by atoms with Gasteiger partial charge in [0.15, 0.2) is 0 Å². The number of ether oxygens (including phenoxy) is 1. The fourth-order valence-corrected chi connectivity index (χ4v) is 1.60. The smallest absolute Gasteiger partial charge is 0.120 e. The second-order valence-corrected chi connectivity index (χ2v) is 4.33. The highest BCUT2D eigenvalue weighted by atomic mass is 32.1. The minimum atomic E-state index is 0.410. The number of benzene rings is 1. The van der Waals surface area contributed by atoms with Crippen molar-refractivity contribution in [1.82, 2.24) is 0 Å². The summed E-state index contributed by atoms with van der Waals surface area (Å²) < 4.78 is 5.73. The van der Waals surface area contributed by atoms with Gasteiger partial charge in [0.1, 0.15) is 10.7 Å². The van der Waals surface area contributed by atoms with Crippen LogP contribution in [0.5, 0.6) is 5.75 Å². The van der Waals surface area contributed by atoms with Gasteiger partial charge in [-0.2, -0.15) is 0 Å². The third kappa shape index (κ3) is 3.81. The predicted molar refractivity (Wildman–Crippen MR) is 71.9 cm³/mol. The topological polar surface area (TPSA) is 35.2 Å². The SMILES string of the molecule is CCC(CC)COc1cccc(C(N)=S)c1. The van der Waals surface area contributed by atoms with E-state index in [4.69, 9.17) is 22.7 Å². The Morgan fingerprint density at radius 2 is 2.06 bits per heavy atom. The fraction of sp³-hybridized carbons (Fsp3) is 0.462. The molecule has 3 heteroatoms. The van der Waals surface area contributed by atoms with E-state index < -0.39 is 0 Å². The lowest BCUT2D eigenvalue weighted by Crippen LogP contribution is -2.12. The molecule has 0 unspecified atom stereocenters. The third-order valence-electron chi connectivity index (χ3n) is 2.76. The van der Waals surface area contributed by atoms with Crippen molar-refractivity contribution < 1.29 is 4.74 Å². The van der Waals surface area contributed by atoms with E-state index in [-0.39, 0.29) is 0 Å². The summed E-state index contributed by atoms with van der Waals surface area (Å²) in [6, 6.07) is 7.64. The molecule has 0 aliphatic carbocycles. The van der Waals surface area contributed by atoms with Crippen LogP contribution in [0.15, 0.2) is 24.3 Å². The first-order valence-electron chi connectivity index (χ1n) is 5.70. The van der Waals surface area contributed by atoms with E-state index in [0.29, 0.717) is 10.9 Å². The van der Waals surface area contributed by atoms with Crippen molar-refractivity contribution in [1.29, 1.82) is 0 Å². The lowest BCUT2D eigenvalue weighted by molar-refractivity contribution is 0.240. The highest BCUT2D eigenvalue weighted by molar-refractivity contribution is 7.80. The summed E-state index contributed by atoms with van der Waals surface area (Å²) in [6.45, 7) is 5.12. The molecule has 2 nitrogen and oxygen atoms in total. The van der Waals surface area contributed by atoms with Crippen LogP contribution in [0.25, 0.3) is 0 Å². The first-order chi connectivity index (χ1) is 7.67. The highest BCUT2D eigenvalue weighted by Gasteiger charge is 2.05. The zero-order chi connectivity index (χ0) is 12.0. The number of hydrogen-bond acceptors (Lipinski definition) is 2. The molecule has 0 heterocycles. The Morgan fingerprint density at radius 1 is 1.38 bits per heavy atom. The molecular weight excluding hydrogens is 218 g/mol. The molecule has 0 spiro atoms. The molecule has 1 aromatic rings. The van der Waals surface area contributed by atoms with Crippen LogP contribution >= 0.6 is 12.2 Å². The van der Waals surface area contributed by atoms with Crippen molar-refractivity contribution in [3.8, 4) is 5.75 Å². The second kappa shape index (κ2) is 6.48. The van der Waals surface area contributed by atoms with Crippen LogP contribution in [-0.4, -0.2) is 11.6 Å². The largest absolute Gasteiger partial charge is 0.493 e. The monoisotopic (exact) mass is 237 g/mol. The van der Waals surface area contributed by atoms with Gasteiger partial charge in [-0.05, 0) is 18.1 Å². The van der Waals surface area contributed by atoms with Gasteiger partial charge in [-0.25, -0.2) is 0 Å². The summed E-state index contributed by atoms with van der Waals surface area (Å²) in [6.07, 6.45) is 2.29. The summed E-state index contributed by atoms with van der Waals surface area (Å²) in [5, 5.41) is 0. The maximum atomic E-state index is 5.73. The predicted octanol–water partition coefficient (Wildman–Crippen LogP) is 3.14. The molecule has 2 N–H and O–H groups in total. The Balaban J connectivity index is 2.60. The molecule has 0 atom stereocenters. The number of hydrogen-bond donors (Lipinski definition) is 1. The summed E-state index contributed by atoms with van der Waals surface area (Å²) in [5.74, 6) is 1.46. The number of thiocarbonyl (C=S) groups is 1. The number of nitrogens with two attached hydrogens (primary N) is 1. The third-order valence-corrected chi connectivity index (χ3v) is 2.99. The van der Waals surface area contributed by atoms with Crippen molar-refractivity contribution in [3.05, 3.63) is 29.8 Å². The van der Waals surface area contributed by atoms with Crippen LogP contribution in [0.2, 0.25) is 0 Å². The Hall–Kier alpha value is -1.09. The summed E-state index contributed by atoms with van der Waals surface area (Å²) in [4.78, 5) is 0.410. The summed E-state index contributed by atoms with van der Waals surface area (Å²) in [7, 11) is 0. The van der Waals surface area contributed by atoms with Crippen LogP contribution in [0.3, 0.4) is 0 Å². The molecule has 0 radical (unpaired) electrons. The van der Waals surface area contributed by atoms with Gasteiger partial charge in [-0.3, -0.25) is 0 Å². The zero-order valence-corrected chi connectivity index (χ0v) is 10.7. The van der Waals surface area contributed by atoms with Crippen molar-refractivity contribution in [3.63, 3.8) is 0 Å². The van der Waals surface area contributed by atoms with Gasteiger partial charge in [-0.15, -0.1) is 0 Å². The second-order valence-electron chi connectivity index (χ2n) is 3.89. The molecule has 0 fully saturated rings. The van der Waals surface area contributed by atoms with E-state index in [1.165, 1.54) is 0 Å². The highest BCUT2D eigenvalue weighted by Crippen LogP contribution is 2.16. The minimum Gasteiger partial charge on any atom is -0.493 e. The Bertz CT molecular complexity index is 348. The van der Waals surface area contributed by atoms with E-state index in [2.05, 4.69) is 13.8 Å². The molecule has 0 aromatic heterocycles. The maximum Gasteiger partial charge on any atom is 0.120 e. The fourth-order valence-electron chi connectivity index (χ4n) is 1.48. The quantitative estimate of drug-likeness (QED) is 0.772. The van der Waals surface area contributed by atoms with Crippen LogP contribution in [0.4, 0.5) is 0 Å². The van der Waals surface area contributed by atoms with Crippen LogP contribution in [0.1, 0.15) is 32.3 Å². The molecule has 0 amide bonds. The molecule has 0 saturated heterocycles. The van der Waals surface area contributed by atoms with Crippen molar-refractivity contribution >= 4 is 17.2 Å². The molecule has 0 aliphatic rings. The molecule has 0 saturated carbocycles. The van der Waals surface area contributed by atoms with Crippen molar-refractivity contribution in [2.75, 3.05) is 6.61 Å². The van der Waals surface area contributed by atoms with E-state index in [9.17, 15) is 0 Å². The first kappa shape index (κ1) is 13.0. The molecule has 1 aromatic carbocycles. The minimum absolute atomic E-state index is 0.410. The van der Waals surface area contributed by atoms with E-state index in [1.54, 1.807) is 0 Å². The average Bonchev–Trinajstić information content (AvgIpc) is 2.31. The Labute approximate surface area is 103 Å². The van der Waals surface area contributed by atoms with Crippen molar-refractivity contribution in [2.24, 2.45) is 11.7 Å². The van der Waals surface area contributed by atoms with Crippen LogP contribution in [-0.2, 0) is 0 Å². The Kier molecular flexibility index (Phi) is 5.26.